The van der Waals surface area contributed by atoms with E-state index in [0.29, 0.717) is 5.56 Å². The van der Waals surface area contributed by atoms with Crippen LogP contribution >= 0.6 is 0 Å². The van der Waals surface area contributed by atoms with Crippen molar-refractivity contribution in [1.29, 1.82) is 0 Å². The Morgan fingerprint density at radius 3 is 2.09 bits per heavy atom. The molecular formula is C16H25BO5. The molecule has 0 aromatic heterocycles. The third-order valence-electron chi connectivity index (χ3n) is 4.22. The fourth-order valence-electron chi connectivity index (χ4n) is 2.24. The van der Waals surface area contributed by atoms with Crippen LogP contribution in [-0.4, -0.2) is 43.6 Å². The Morgan fingerprint density at radius 1 is 1.14 bits per heavy atom. The summed E-state index contributed by atoms with van der Waals surface area (Å²) in [6.45, 7) is 9.89. The van der Waals surface area contributed by atoms with Gasteiger partial charge in [-0.25, -0.2) is 4.79 Å². The Hall–Kier alpha value is -1.37. The molecule has 0 aliphatic carbocycles. The highest BCUT2D eigenvalue weighted by atomic mass is 16.7. The first-order chi connectivity index (χ1) is 10.2. The van der Waals surface area contributed by atoms with Crippen LogP contribution in [0.5, 0.6) is 0 Å². The van der Waals surface area contributed by atoms with Gasteiger partial charge in [-0.3, -0.25) is 0 Å². The van der Waals surface area contributed by atoms with Crippen molar-refractivity contribution in [2.24, 2.45) is 0 Å². The smallest absolute Gasteiger partial charge is 0.465 e. The van der Waals surface area contributed by atoms with Gasteiger partial charge in [0.25, 0.3) is 0 Å². The molecule has 1 heterocycles. The minimum Gasteiger partial charge on any atom is -0.465 e. The summed E-state index contributed by atoms with van der Waals surface area (Å²) in [5, 5.41) is 7.00. The summed E-state index contributed by atoms with van der Waals surface area (Å²) in [7, 11) is 1.81. The average Bonchev–Trinajstić information content (AvgIpc) is 2.68. The van der Waals surface area contributed by atoms with Crippen molar-refractivity contribution in [3.63, 3.8) is 0 Å². The van der Waals surface area contributed by atoms with Gasteiger partial charge in [0.2, 0.25) is 0 Å². The molecule has 0 amide bonds. The van der Waals surface area contributed by atoms with Gasteiger partial charge in [-0.15, -0.1) is 0 Å². The normalized spacial score (nSPS) is 18.5. The molecule has 0 atom stereocenters. The summed E-state index contributed by atoms with van der Waals surface area (Å²) < 4.78 is 16.9. The van der Waals surface area contributed by atoms with E-state index >= 15 is 0 Å². The van der Waals surface area contributed by atoms with Crippen molar-refractivity contribution < 1.29 is 23.9 Å². The predicted molar refractivity (Wildman–Crippen MR) is 86.4 cm³/mol. The minimum atomic E-state index is -0.560. The van der Waals surface area contributed by atoms with E-state index in [4.69, 9.17) is 19.2 Å². The number of aliphatic hydroxyl groups is 1. The largest absolute Gasteiger partial charge is 0.495 e. The molecule has 1 fully saturated rings. The Kier molecular flexibility index (Phi) is 5.79. The van der Waals surface area contributed by atoms with Crippen molar-refractivity contribution in [2.45, 2.75) is 45.8 Å². The van der Waals surface area contributed by atoms with E-state index in [0.717, 1.165) is 18.1 Å². The standard InChI is InChI=1S/C15H21BO4.CH4O/c1-10-8-7-9-11(13(17)18-6)12(10)16-19-14(2,3)15(4,5)20-16;1-2/h7-9H,1-6H3;2H,1H3. The zero-order valence-electron chi connectivity index (χ0n) is 14.4. The van der Waals surface area contributed by atoms with Crippen molar-refractivity contribution in [1.82, 2.24) is 0 Å². The lowest BCUT2D eigenvalue weighted by Gasteiger charge is -2.32. The average molecular weight is 308 g/mol. The van der Waals surface area contributed by atoms with Gasteiger partial charge in [0.1, 0.15) is 0 Å². The zero-order valence-corrected chi connectivity index (χ0v) is 14.4. The summed E-state index contributed by atoms with van der Waals surface area (Å²) in [5.74, 6) is -0.376. The number of carbonyl (C=O) groups is 1. The SMILES string of the molecule is CO.COC(=O)c1cccc(C)c1B1OC(C)(C)C(C)(C)O1. The van der Waals surface area contributed by atoms with Crippen LogP contribution in [0.3, 0.4) is 0 Å². The van der Waals surface area contributed by atoms with Crippen molar-refractivity contribution in [2.75, 3.05) is 14.2 Å². The molecule has 0 spiro atoms. The molecule has 0 radical (unpaired) electrons. The first-order valence-electron chi connectivity index (χ1n) is 7.18. The highest BCUT2D eigenvalue weighted by Gasteiger charge is 2.52. The van der Waals surface area contributed by atoms with E-state index in [9.17, 15) is 4.79 Å². The van der Waals surface area contributed by atoms with Crippen LogP contribution in [0, 0.1) is 6.92 Å². The quantitative estimate of drug-likeness (QED) is 0.665. The molecule has 1 aromatic carbocycles. The molecule has 0 unspecified atom stereocenters. The molecule has 0 saturated carbocycles. The molecule has 1 saturated heterocycles. The highest BCUT2D eigenvalue weighted by Crippen LogP contribution is 2.36. The number of aliphatic hydroxyl groups excluding tert-OH is 1. The summed E-state index contributed by atoms with van der Waals surface area (Å²) in [6.07, 6.45) is 0. The second-order valence-corrected chi connectivity index (χ2v) is 6.12. The molecule has 22 heavy (non-hydrogen) atoms. The summed E-state index contributed by atoms with van der Waals surface area (Å²) >= 11 is 0. The first-order valence-corrected chi connectivity index (χ1v) is 7.18. The molecule has 2 rings (SSSR count). The van der Waals surface area contributed by atoms with Crippen LogP contribution in [0.2, 0.25) is 0 Å². The zero-order chi connectivity index (χ0) is 17.1. The van der Waals surface area contributed by atoms with Crippen LogP contribution in [0.15, 0.2) is 18.2 Å². The van der Waals surface area contributed by atoms with Gasteiger partial charge in [0, 0.05) is 7.11 Å². The Bertz CT molecular complexity index is 523. The summed E-state index contributed by atoms with van der Waals surface area (Å²) in [5.41, 5.74) is 1.32. The number of methoxy groups -OCH3 is 1. The van der Waals surface area contributed by atoms with Crippen LogP contribution in [-0.2, 0) is 14.0 Å². The fraction of sp³-hybridized carbons (Fsp3) is 0.562. The van der Waals surface area contributed by atoms with Gasteiger partial charge in [0.15, 0.2) is 0 Å². The number of carbonyl (C=O) groups excluding carboxylic acids is 1. The van der Waals surface area contributed by atoms with Gasteiger partial charge in [-0.2, -0.15) is 0 Å². The van der Waals surface area contributed by atoms with Gasteiger partial charge in [-0.1, -0.05) is 17.7 Å². The summed E-state index contributed by atoms with van der Waals surface area (Å²) in [6, 6.07) is 5.50. The predicted octanol–water partition coefficient (Wildman–Crippen LogP) is 1.69. The Balaban J connectivity index is 0.00000116. The molecule has 1 aliphatic rings. The molecule has 1 aromatic rings. The van der Waals surface area contributed by atoms with Gasteiger partial charge in [-0.05, 0) is 46.1 Å². The molecule has 122 valence electrons. The number of hydrogen-bond donors (Lipinski definition) is 1. The molecule has 1 aliphatic heterocycles. The first kappa shape index (κ1) is 18.7. The Morgan fingerprint density at radius 2 is 1.64 bits per heavy atom. The maximum absolute atomic E-state index is 11.9. The van der Waals surface area contributed by atoms with Gasteiger partial charge in [0.05, 0.1) is 23.9 Å². The molecule has 0 bridgehead atoms. The topological polar surface area (TPSA) is 65.0 Å². The van der Waals surface area contributed by atoms with Crippen LogP contribution in [0.1, 0.15) is 43.6 Å². The number of rotatable bonds is 2. The third-order valence-corrected chi connectivity index (χ3v) is 4.22. The number of hydrogen-bond acceptors (Lipinski definition) is 5. The maximum atomic E-state index is 11.9. The van der Waals surface area contributed by atoms with Crippen molar-refractivity contribution in [3.8, 4) is 0 Å². The molecule has 1 N–H and O–H groups in total. The number of esters is 1. The van der Waals surface area contributed by atoms with E-state index in [1.807, 2.05) is 46.8 Å². The minimum absolute atomic E-state index is 0.376. The van der Waals surface area contributed by atoms with E-state index in [1.54, 1.807) is 6.07 Å². The number of aryl methyl sites for hydroxylation is 1. The monoisotopic (exact) mass is 308 g/mol. The van der Waals surface area contributed by atoms with E-state index in [2.05, 4.69) is 0 Å². The van der Waals surface area contributed by atoms with Gasteiger partial charge < -0.3 is 19.2 Å². The number of benzene rings is 1. The van der Waals surface area contributed by atoms with Crippen LogP contribution in [0.4, 0.5) is 0 Å². The maximum Gasteiger partial charge on any atom is 0.495 e. The second kappa shape index (κ2) is 6.81. The van der Waals surface area contributed by atoms with E-state index < -0.39 is 18.3 Å². The van der Waals surface area contributed by atoms with Crippen molar-refractivity contribution >= 4 is 18.6 Å². The molecular weight excluding hydrogens is 283 g/mol. The van der Waals surface area contributed by atoms with Crippen LogP contribution < -0.4 is 5.46 Å². The van der Waals surface area contributed by atoms with Crippen molar-refractivity contribution in [3.05, 3.63) is 29.3 Å². The lowest BCUT2D eigenvalue weighted by Crippen LogP contribution is -2.41. The molecule has 5 nitrogen and oxygen atoms in total. The fourth-order valence-corrected chi connectivity index (χ4v) is 2.24. The lowest BCUT2D eigenvalue weighted by atomic mass is 9.73. The second-order valence-electron chi connectivity index (χ2n) is 6.12. The van der Waals surface area contributed by atoms with E-state index in [-0.39, 0.29) is 5.97 Å². The van der Waals surface area contributed by atoms with Crippen LogP contribution in [0.25, 0.3) is 0 Å². The van der Waals surface area contributed by atoms with Gasteiger partial charge >= 0.3 is 13.1 Å². The Labute approximate surface area is 132 Å². The van der Waals surface area contributed by atoms with E-state index in [1.165, 1.54) is 7.11 Å². The molecule has 6 heteroatoms. The highest BCUT2D eigenvalue weighted by molar-refractivity contribution is 6.64. The lowest BCUT2D eigenvalue weighted by molar-refractivity contribution is 0.00578. The summed E-state index contributed by atoms with van der Waals surface area (Å²) in [4.78, 5) is 11.9. The number of ether oxygens (including phenoxy) is 1. The third kappa shape index (κ3) is 3.34.